The maximum absolute atomic E-state index is 12.7. The summed E-state index contributed by atoms with van der Waals surface area (Å²) in [5.41, 5.74) is 0. The van der Waals surface area contributed by atoms with Crippen molar-refractivity contribution in [2.75, 3.05) is 13.7 Å². The van der Waals surface area contributed by atoms with Crippen LogP contribution < -0.4 is 4.74 Å². The third-order valence-electron chi connectivity index (χ3n) is 3.53. The average molecular weight is 338 g/mol. The predicted molar refractivity (Wildman–Crippen MR) is 80.2 cm³/mol. The largest absolute Gasteiger partial charge is 0.495 e. The molecule has 1 aliphatic rings. The molecule has 1 atom stereocenters. The van der Waals surface area contributed by atoms with E-state index in [4.69, 9.17) is 27.9 Å². The highest BCUT2D eigenvalue weighted by atomic mass is 35.5. The Morgan fingerprint density at radius 2 is 1.95 bits per heavy atom. The van der Waals surface area contributed by atoms with Crippen molar-refractivity contribution < 1.29 is 13.2 Å². The van der Waals surface area contributed by atoms with Gasteiger partial charge in [0.25, 0.3) is 0 Å². The minimum Gasteiger partial charge on any atom is -0.495 e. The molecule has 1 saturated heterocycles. The third-order valence-corrected chi connectivity index (χ3v) is 6.31. The molecule has 1 heterocycles. The minimum atomic E-state index is -3.63. The maximum atomic E-state index is 12.7. The number of methoxy groups -OCH3 is 1. The van der Waals surface area contributed by atoms with E-state index in [0.29, 0.717) is 12.3 Å². The van der Waals surface area contributed by atoms with Crippen LogP contribution in [0.3, 0.4) is 0 Å². The van der Waals surface area contributed by atoms with Crippen molar-refractivity contribution in [3.8, 4) is 5.75 Å². The van der Waals surface area contributed by atoms with Gasteiger partial charge < -0.3 is 4.74 Å². The Labute approximate surface area is 129 Å². The van der Waals surface area contributed by atoms with Crippen LogP contribution in [0.4, 0.5) is 0 Å². The van der Waals surface area contributed by atoms with Crippen molar-refractivity contribution in [3.63, 3.8) is 0 Å². The number of rotatable bonds is 3. The van der Waals surface area contributed by atoms with Crippen molar-refractivity contribution in [3.05, 3.63) is 22.2 Å². The van der Waals surface area contributed by atoms with Crippen molar-refractivity contribution in [2.45, 2.75) is 37.1 Å². The first kappa shape index (κ1) is 15.9. The second-order valence-electron chi connectivity index (χ2n) is 4.88. The third kappa shape index (κ3) is 2.91. The van der Waals surface area contributed by atoms with Crippen LogP contribution in [0.5, 0.6) is 5.75 Å². The fraction of sp³-hybridized carbons (Fsp3) is 0.538. The van der Waals surface area contributed by atoms with E-state index in [-0.39, 0.29) is 21.0 Å². The van der Waals surface area contributed by atoms with Gasteiger partial charge in [0.2, 0.25) is 10.0 Å². The number of hydrogen-bond acceptors (Lipinski definition) is 3. The quantitative estimate of drug-likeness (QED) is 0.847. The molecule has 0 aromatic heterocycles. The second kappa shape index (κ2) is 6.10. The molecular weight excluding hydrogens is 321 g/mol. The highest BCUT2D eigenvalue weighted by Crippen LogP contribution is 2.36. The van der Waals surface area contributed by atoms with Crippen LogP contribution >= 0.6 is 23.2 Å². The van der Waals surface area contributed by atoms with Crippen LogP contribution in [0.1, 0.15) is 26.2 Å². The first-order valence-corrected chi connectivity index (χ1v) is 8.62. The molecule has 0 spiro atoms. The van der Waals surface area contributed by atoms with Crippen LogP contribution in [0.2, 0.25) is 10.0 Å². The summed E-state index contributed by atoms with van der Waals surface area (Å²) < 4.78 is 32.0. The van der Waals surface area contributed by atoms with E-state index >= 15 is 0 Å². The standard InChI is InChI=1S/C13H17Cl2NO3S/c1-9-5-3-4-6-16(9)20(17,18)13-8-10(14)12(19-2)7-11(13)15/h7-9H,3-6H2,1-2H3/t9-/m0/s1. The topological polar surface area (TPSA) is 46.6 Å². The molecule has 112 valence electrons. The summed E-state index contributed by atoms with van der Waals surface area (Å²) in [7, 11) is -2.17. The van der Waals surface area contributed by atoms with Gasteiger partial charge in [-0.25, -0.2) is 8.42 Å². The Morgan fingerprint density at radius 1 is 1.25 bits per heavy atom. The summed E-state index contributed by atoms with van der Waals surface area (Å²) >= 11 is 12.1. The highest BCUT2D eigenvalue weighted by Gasteiger charge is 2.33. The zero-order valence-electron chi connectivity index (χ0n) is 11.4. The molecule has 1 aromatic rings. The monoisotopic (exact) mass is 337 g/mol. The van der Waals surface area contributed by atoms with Gasteiger partial charge >= 0.3 is 0 Å². The predicted octanol–water partition coefficient (Wildman–Crippen LogP) is 3.57. The zero-order valence-corrected chi connectivity index (χ0v) is 13.7. The summed E-state index contributed by atoms with van der Waals surface area (Å²) in [5, 5.41) is 0.365. The molecular formula is C13H17Cl2NO3S. The first-order chi connectivity index (χ1) is 9.37. The second-order valence-corrected chi connectivity index (χ2v) is 7.55. The normalized spacial score (nSPS) is 20.9. The molecule has 0 amide bonds. The van der Waals surface area contributed by atoms with Crippen LogP contribution in [-0.4, -0.2) is 32.4 Å². The Hall–Kier alpha value is -0.490. The zero-order chi connectivity index (χ0) is 14.9. The lowest BCUT2D eigenvalue weighted by Crippen LogP contribution is -2.42. The smallest absolute Gasteiger partial charge is 0.244 e. The minimum absolute atomic E-state index is 0.0225. The number of piperidine rings is 1. The number of halogens is 2. The Balaban J connectivity index is 2.46. The molecule has 1 aromatic carbocycles. The summed E-state index contributed by atoms with van der Waals surface area (Å²) in [4.78, 5) is 0.0405. The van der Waals surface area contributed by atoms with E-state index in [0.717, 1.165) is 19.3 Å². The van der Waals surface area contributed by atoms with Crippen molar-refractivity contribution in [1.29, 1.82) is 0 Å². The molecule has 0 N–H and O–H groups in total. The molecule has 1 fully saturated rings. The Kier molecular flexibility index (Phi) is 4.84. The summed E-state index contributed by atoms with van der Waals surface area (Å²) in [6.07, 6.45) is 2.77. The number of hydrogen-bond donors (Lipinski definition) is 0. The van der Waals surface area contributed by atoms with Crippen LogP contribution in [0, 0.1) is 0 Å². The van der Waals surface area contributed by atoms with Gasteiger partial charge in [-0.15, -0.1) is 0 Å². The SMILES string of the molecule is COc1cc(Cl)c(S(=O)(=O)N2CCCC[C@@H]2C)cc1Cl. The Bertz CT molecular complexity index is 604. The van der Waals surface area contributed by atoms with E-state index in [1.807, 2.05) is 6.92 Å². The maximum Gasteiger partial charge on any atom is 0.244 e. The number of benzene rings is 1. The van der Waals surface area contributed by atoms with Gasteiger partial charge in [-0.05, 0) is 25.8 Å². The number of ether oxygens (including phenoxy) is 1. The molecule has 2 rings (SSSR count). The van der Waals surface area contributed by atoms with Gasteiger partial charge in [-0.2, -0.15) is 4.31 Å². The number of nitrogens with zero attached hydrogens (tertiary/aromatic N) is 1. The van der Waals surface area contributed by atoms with Crippen molar-refractivity contribution in [1.82, 2.24) is 4.31 Å². The van der Waals surface area contributed by atoms with Gasteiger partial charge in [0.15, 0.2) is 0 Å². The van der Waals surface area contributed by atoms with Gasteiger partial charge in [0.05, 0.1) is 17.2 Å². The molecule has 0 radical (unpaired) electrons. The van der Waals surface area contributed by atoms with Gasteiger partial charge in [-0.1, -0.05) is 29.6 Å². The highest BCUT2D eigenvalue weighted by molar-refractivity contribution is 7.89. The molecule has 0 aliphatic carbocycles. The number of sulfonamides is 1. The Morgan fingerprint density at radius 3 is 2.55 bits per heavy atom. The van der Waals surface area contributed by atoms with Crippen LogP contribution in [0.15, 0.2) is 17.0 Å². The summed E-state index contributed by atoms with van der Waals surface area (Å²) in [5.74, 6) is 0.363. The molecule has 1 aliphatic heterocycles. The molecule has 4 nitrogen and oxygen atoms in total. The fourth-order valence-corrected chi connectivity index (χ4v) is 4.94. The van der Waals surface area contributed by atoms with Crippen molar-refractivity contribution >= 4 is 33.2 Å². The van der Waals surface area contributed by atoms with Gasteiger partial charge in [0, 0.05) is 18.7 Å². The van der Waals surface area contributed by atoms with Crippen LogP contribution in [-0.2, 0) is 10.0 Å². The molecule has 20 heavy (non-hydrogen) atoms. The van der Waals surface area contributed by atoms with E-state index in [1.165, 1.54) is 23.5 Å². The molecule has 0 unspecified atom stereocenters. The van der Waals surface area contributed by atoms with Gasteiger partial charge in [0.1, 0.15) is 10.6 Å². The fourth-order valence-electron chi connectivity index (χ4n) is 2.42. The molecule has 0 bridgehead atoms. The van der Waals surface area contributed by atoms with Crippen LogP contribution in [0.25, 0.3) is 0 Å². The van der Waals surface area contributed by atoms with E-state index in [9.17, 15) is 8.42 Å². The van der Waals surface area contributed by atoms with E-state index in [1.54, 1.807) is 0 Å². The molecule has 7 heteroatoms. The first-order valence-electron chi connectivity index (χ1n) is 6.43. The summed E-state index contributed by atoms with van der Waals surface area (Å²) in [6.45, 7) is 2.43. The van der Waals surface area contributed by atoms with E-state index in [2.05, 4.69) is 0 Å². The lowest BCUT2D eigenvalue weighted by atomic mass is 10.1. The average Bonchev–Trinajstić information content (AvgIpc) is 2.41. The van der Waals surface area contributed by atoms with Gasteiger partial charge in [-0.3, -0.25) is 0 Å². The summed E-state index contributed by atoms with van der Waals surface area (Å²) in [6, 6.07) is 2.77. The lowest BCUT2D eigenvalue weighted by Gasteiger charge is -2.32. The lowest BCUT2D eigenvalue weighted by molar-refractivity contribution is 0.268. The van der Waals surface area contributed by atoms with Crippen molar-refractivity contribution in [2.24, 2.45) is 0 Å². The molecule has 0 saturated carbocycles. The van der Waals surface area contributed by atoms with E-state index < -0.39 is 10.0 Å².